The third-order valence-corrected chi connectivity index (χ3v) is 3.26. The Bertz CT molecular complexity index is 301. The zero-order valence-electron chi connectivity index (χ0n) is 10.6. The molecule has 5 heteroatoms. The van der Waals surface area contributed by atoms with Crippen LogP contribution in [0.25, 0.3) is 0 Å². The van der Waals surface area contributed by atoms with Crippen LogP contribution in [0.4, 0.5) is 0 Å². The van der Waals surface area contributed by atoms with Crippen LogP contribution in [0.2, 0.25) is 0 Å². The molecule has 2 heterocycles. The van der Waals surface area contributed by atoms with Gasteiger partial charge in [0, 0.05) is 25.6 Å². The quantitative estimate of drug-likeness (QED) is 0.832. The fourth-order valence-electron chi connectivity index (χ4n) is 2.38. The second-order valence-electron chi connectivity index (χ2n) is 4.69. The van der Waals surface area contributed by atoms with Gasteiger partial charge in [0.15, 0.2) is 5.82 Å². The van der Waals surface area contributed by atoms with Gasteiger partial charge in [-0.15, -0.1) is 0 Å². The molecule has 1 atom stereocenters. The fourth-order valence-corrected chi connectivity index (χ4v) is 2.38. The highest BCUT2D eigenvalue weighted by molar-refractivity contribution is 4.82. The standard InChI is InChI=1S/C12H22N4O/c1-2-4-11-9-16(7-3-6-13-11)8-5-12-14-10-17-15-12/h10-11,13H,2-9H2,1H3. The maximum atomic E-state index is 4.75. The Labute approximate surface area is 103 Å². The molecule has 0 amide bonds. The van der Waals surface area contributed by atoms with E-state index in [0.717, 1.165) is 31.9 Å². The summed E-state index contributed by atoms with van der Waals surface area (Å²) in [4.78, 5) is 6.57. The third-order valence-electron chi connectivity index (χ3n) is 3.26. The van der Waals surface area contributed by atoms with E-state index in [2.05, 4.69) is 27.3 Å². The first-order valence-corrected chi connectivity index (χ1v) is 6.59. The number of rotatable bonds is 5. The molecule has 0 aromatic carbocycles. The summed E-state index contributed by atoms with van der Waals surface area (Å²) in [5.74, 6) is 0.814. The minimum absolute atomic E-state index is 0.646. The summed E-state index contributed by atoms with van der Waals surface area (Å²) in [7, 11) is 0. The van der Waals surface area contributed by atoms with Gasteiger partial charge < -0.3 is 14.7 Å². The molecular formula is C12H22N4O. The Morgan fingerprint density at radius 3 is 3.29 bits per heavy atom. The van der Waals surface area contributed by atoms with Crippen molar-refractivity contribution >= 4 is 0 Å². The highest BCUT2D eigenvalue weighted by Gasteiger charge is 2.16. The molecule has 1 fully saturated rings. The van der Waals surface area contributed by atoms with Gasteiger partial charge in [-0.05, 0) is 25.9 Å². The lowest BCUT2D eigenvalue weighted by Crippen LogP contribution is -2.38. The van der Waals surface area contributed by atoms with Crippen LogP contribution in [-0.2, 0) is 6.42 Å². The van der Waals surface area contributed by atoms with Crippen molar-refractivity contribution in [3.63, 3.8) is 0 Å². The van der Waals surface area contributed by atoms with Gasteiger partial charge in [-0.3, -0.25) is 0 Å². The summed E-state index contributed by atoms with van der Waals surface area (Å²) < 4.78 is 4.75. The zero-order chi connectivity index (χ0) is 11.9. The SMILES string of the molecule is CCCC1CN(CCc2ncon2)CCCN1. The summed E-state index contributed by atoms with van der Waals surface area (Å²) in [6, 6.07) is 0.646. The number of hydrogen-bond donors (Lipinski definition) is 1. The van der Waals surface area contributed by atoms with Crippen LogP contribution in [0.15, 0.2) is 10.9 Å². The fraction of sp³-hybridized carbons (Fsp3) is 0.833. The molecule has 0 bridgehead atoms. The smallest absolute Gasteiger partial charge is 0.213 e. The van der Waals surface area contributed by atoms with Crippen LogP contribution in [0, 0.1) is 0 Å². The maximum absolute atomic E-state index is 4.75. The molecule has 0 spiro atoms. The average Bonchev–Trinajstić information content (AvgIpc) is 2.75. The molecular weight excluding hydrogens is 216 g/mol. The Hall–Kier alpha value is -0.940. The lowest BCUT2D eigenvalue weighted by atomic mass is 10.1. The predicted octanol–water partition coefficient (Wildman–Crippen LogP) is 1.08. The lowest BCUT2D eigenvalue weighted by molar-refractivity contribution is 0.263. The summed E-state index contributed by atoms with van der Waals surface area (Å²) in [5, 5.41) is 7.47. The van der Waals surface area contributed by atoms with Crippen LogP contribution in [0.5, 0.6) is 0 Å². The van der Waals surface area contributed by atoms with E-state index in [9.17, 15) is 0 Å². The van der Waals surface area contributed by atoms with Crippen molar-refractivity contribution in [3.8, 4) is 0 Å². The summed E-state index contributed by atoms with van der Waals surface area (Å²) in [5.41, 5.74) is 0. The molecule has 1 N–H and O–H groups in total. The summed E-state index contributed by atoms with van der Waals surface area (Å²) in [6.07, 6.45) is 6.02. The number of hydrogen-bond acceptors (Lipinski definition) is 5. The van der Waals surface area contributed by atoms with E-state index in [-0.39, 0.29) is 0 Å². The first-order chi connectivity index (χ1) is 8.38. The minimum Gasteiger partial charge on any atom is -0.343 e. The monoisotopic (exact) mass is 238 g/mol. The van der Waals surface area contributed by atoms with Gasteiger partial charge in [-0.25, -0.2) is 0 Å². The van der Waals surface area contributed by atoms with E-state index < -0.39 is 0 Å². The zero-order valence-corrected chi connectivity index (χ0v) is 10.6. The Kier molecular flexibility index (Phi) is 4.94. The minimum atomic E-state index is 0.646. The van der Waals surface area contributed by atoms with Crippen molar-refractivity contribution in [2.24, 2.45) is 0 Å². The first-order valence-electron chi connectivity index (χ1n) is 6.59. The van der Waals surface area contributed by atoms with Gasteiger partial charge >= 0.3 is 0 Å². The van der Waals surface area contributed by atoms with Gasteiger partial charge in [0.25, 0.3) is 0 Å². The number of nitrogens with zero attached hydrogens (tertiary/aromatic N) is 3. The van der Waals surface area contributed by atoms with Crippen molar-refractivity contribution in [2.45, 2.75) is 38.6 Å². The molecule has 2 rings (SSSR count). The van der Waals surface area contributed by atoms with E-state index in [1.807, 2.05) is 0 Å². The molecule has 17 heavy (non-hydrogen) atoms. The molecule has 0 radical (unpaired) electrons. The van der Waals surface area contributed by atoms with Crippen molar-refractivity contribution < 1.29 is 4.52 Å². The molecule has 0 aliphatic carbocycles. The van der Waals surface area contributed by atoms with E-state index in [0.29, 0.717) is 6.04 Å². The van der Waals surface area contributed by atoms with Gasteiger partial charge in [0.05, 0.1) is 0 Å². The van der Waals surface area contributed by atoms with Gasteiger partial charge in [0.1, 0.15) is 0 Å². The second kappa shape index (κ2) is 6.71. The van der Waals surface area contributed by atoms with Gasteiger partial charge in [0.2, 0.25) is 6.39 Å². The summed E-state index contributed by atoms with van der Waals surface area (Å²) >= 11 is 0. The maximum Gasteiger partial charge on any atom is 0.213 e. The largest absolute Gasteiger partial charge is 0.343 e. The van der Waals surface area contributed by atoms with Gasteiger partial charge in [-0.1, -0.05) is 18.5 Å². The van der Waals surface area contributed by atoms with Crippen LogP contribution >= 0.6 is 0 Å². The van der Waals surface area contributed by atoms with Gasteiger partial charge in [-0.2, -0.15) is 4.98 Å². The predicted molar refractivity (Wildman–Crippen MR) is 65.8 cm³/mol. The van der Waals surface area contributed by atoms with Crippen LogP contribution in [0.1, 0.15) is 32.0 Å². The van der Waals surface area contributed by atoms with Crippen LogP contribution in [-0.4, -0.2) is 47.3 Å². The molecule has 1 aromatic rings. The second-order valence-corrected chi connectivity index (χ2v) is 4.69. The first kappa shape index (κ1) is 12.5. The van der Waals surface area contributed by atoms with E-state index >= 15 is 0 Å². The average molecular weight is 238 g/mol. The van der Waals surface area contributed by atoms with Crippen LogP contribution in [0.3, 0.4) is 0 Å². The normalized spacial score (nSPS) is 22.5. The number of aromatic nitrogens is 2. The van der Waals surface area contributed by atoms with Crippen molar-refractivity contribution in [3.05, 3.63) is 12.2 Å². The molecule has 96 valence electrons. The lowest BCUT2D eigenvalue weighted by Gasteiger charge is -2.23. The topological polar surface area (TPSA) is 54.2 Å². The third kappa shape index (κ3) is 4.09. The Morgan fingerprint density at radius 2 is 2.53 bits per heavy atom. The number of nitrogens with one attached hydrogen (secondary N) is 1. The molecule has 0 saturated carbocycles. The van der Waals surface area contributed by atoms with Crippen molar-refractivity contribution in [1.82, 2.24) is 20.4 Å². The molecule has 5 nitrogen and oxygen atoms in total. The molecule has 1 aliphatic heterocycles. The highest BCUT2D eigenvalue weighted by Crippen LogP contribution is 2.06. The molecule has 1 aromatic heterocycles. The highest BCUT2D eigenvalue weighted by atomic mass is 16.5. The van der Waals surface area contributed by atoms with E-state index in [4.69, 9.17) is 4.52 Å². The summed E-state index contributed by atoms with van der Waals surface area (Å²) in [6.45, 7) is 6.73. The molecule has 1 unspecified atom stereocenters. The molecule has 1 saturated heterocycles. The van der Waals surface area contributed by atoms with E-state index in [1.165, 1.54) is 32.2 Å². The Balaban J connectivity index is 1.78. The van der Waals surface area contributed by atoms with E-state index in [1.54, 1.807) is 0 Å². The van der Waals surface area contributed by atoms with Crippen molar-refractivity contribution in [2.75, 3.05) is 26.2 Å². The Morgan fingerprint density at radius 1 is 1.59 bits per heavy atom. The van der Waals surface area contributed by atoms with Crippen LogP contribution < -0.4 is 5.32 Å². The molecule has 1 aliphatic rings. The van der Waals surface area contributed by atoms with Crippen molar-refractivity contribution in [1.29, 1.82) is 0 Å².